The minimum absolute atomic E-state index is 0.0996. The van der Waals surface area contributed by atoms with Crippen LogP contribution in [0.5, 0.6) is 5.88 Å². The number of hydrogen-bond donors (Lipinski definition) is 0. The van der Waals surface area contributed by atoms with E-state index in [-0.39, 0.29) is 32.6 Å². The Balaban J connectivity index is 1.51. The van der Waals surface area contributed by atoms with Gasteiger partial charge in [-0.15, -0.1) is 0 Å². The number of aromatic nitrogens is 1. The molecule has 0 radical (unpaired) electrons. The fourth-order valence-corrected chi connectivity index (χ4v) is 6.93. The summed E-state index contributed by atoms with van der Waals surface area (Å²) in [5.41, 5.74) is 4.99. The first-order valence-corrected chi connectivity index (χ1v) is 13.8. The van der Waals surface area contributed by atoms with Crippen LogP contribution in [-0.2, 0) is 29.0 Å². The second kappa shape index (κ2) is 11.7. The number of sulfonamides is 1. The maximum atomic E-state index is 13.6. The van der Waals surface area contributed by atoms with Crippen LogP contribution in [0.2, 0.25) is 0 Å². The molecule has 2 aromatic rings. The maximum absolute atomic E-state index is 13.6. The summed E-state index contributed by atoms with van der Waals surface area (Å²) in [4.78, 5) is 17.2. The third-order valence-corrected chi connectivity index (χ3v) is 9.57. The molecule has 0 aliphatic carbocycles. The summed E-state index contributed by atoms with van der Waals surface area (Å²) in [6.45, 7) is 3.89. The molecular formula is C27H34N2O7S. The van der Waals surface area contributed by atoms with Crippen molar-refractivity contribution in [3.8, 4) is 17.1 Å². The highest BCUT2D eigenvalue weighted by atomic mass is 32.2. The van der Waals surface area contributed by atoms with Crippen LogP contribution in [0.3, 0.4) is 0 Å². The lowest BCUT2D eigenvalue weighted by Gasteiger charge is -2.38. The second-order valence-electron chi connectivity index (χ2n) is 9.17. The molecule has 1 saturated heterocycles. The summed E-state index contributed by atoms with van der Waals surface area (Å²) < 4.78 is 47.9. The van der Waals surface area contributed by atoms with Crippen LogP contribution in [0, 0.1) is 6.92 Å². The Kier molecular flexibility index (Phi) is 8.63. The van der Waals surface area contributed by atoms with Crippen LogP contribution in [0.4, 0.5) is 0 Å². The normalized spacial score (nSPS) is 18.2. The second-order valence-corrected chi connectivity index (χ2v) is 11.4. The van der Waals surface area contributed by atoms with E-state index in [0.29, 0.717) is 32.1 Å². The van der Waals surface area contributed by atoms with E-state index in [0.717, 1.165) is 28.0 Å². The number of esters is 1. The van der Waals surface area contributed by atoms with Gasteiger partial charge in [0.15, 0.2) is 4.75 Å². The molecule has 4 rings (SSSR count). The van der Waals surface area contributed by atoms with Crippen molar-refractivity contribution in [3.63, 3.8) is 0 Å². The molecule has 1 aromatic heterocycles. The van der Waals surface area contributed by atoms with E-state index in [4.69, 9.17) is 18.9 Å². The summed E-state index contributed by atoms with van der Waals surface area (Å²) in [6.07, 6.45) is 2.68. The Labute approximate surface area is 218 Å². The largest absolute Gasteiger partial charge is 0.475 e. The van der Waals surface area contributed by atoms with E-state index in [2.05, 4.69) is 11.1 Å². The number of methoxy groups -OCH3 is 2. The van der Waals surface area contributed by atoms with E-state index in [1.807, 2.05) is 43.3 Å². The summed E-state index contributed by atoms with van der Waals surface area (Å²) in [5, 5.41) is 0. The first kappa shape index (κ1) is 27.3. The molecule has 0 saturated carbocycles. The minimum Gasteiger partial charge on any atom is -0.475 e. The van der Waals surface area contributed by atoms with Gasteiger partial charge in [0.25, 0.3) is 0 Å². The van der Waals surface area contributed by atoms with E-state index >= 15 is 0 Å². The molecule has 0 bridgehead atoms. The highest BCUT2D eigenvalue weighted by Crippen LogP contribution is 2.36. The van der Waals surface area contributed by atoms with Gasteiger partial charge < -0.3 is 18.9 Å². The van der Waals surface area contributed by atoms with Gasteiger partial charge in [0.2, 0.25) is 15.9 Å². The molecule has 2 aliphatic heterocycles. The Morgan fingerprint density at radius 1 is 1.14 bits per heavy atom. The van der Waals surface area contributed by atoms with E-state index in [1.165, 1.54) is 11.4 Å². The Hall–Kier alpha value is -2.79. The first-order chi connectivity index (χ1) is 17.8. The molecule has 0 atom stereocenters. The van der Waals surface area contributed by atoms with Crippen molar-refractivity contribution in [2.75, 3.05) is 53.7 Å². The molecule has 37 heavy (non-hydrogen) atoms. The molecule has 10 heteroatoms. The van der Waals surface area contributed by atoms with Gasteiger partial charge in [-0.2, -0.15) is 4.31 Å². The van der Waals surface area contributed by atoms with E-state index in [1.54, 1.807) is 7.11 Å². The summed E-state index contributed by atoms with van der Waals surface area (Å²) in [6, 6.07) is 11.8. The lowest BCUT2D eigenvalue weighted by atomic mass is 9.95. The number of ether oxygens (including phenoxy) is 4. The zero-order valence-corrected chi connectivity index (χ0v) is 22.4. The fourth-order valence-electron chi connectivity index (χ4n) is 4.86. The first-order valence-electron chi connectivity index (χ1n) is 12.4. The maximum Gasteiger partial charge on any atom is 0.328 e. The van der Waals surface area contributed by atoms with Gasteiger partial charge in [0.05, 0.1) is 19.4 Å². The van der Waals surface area contributed by atoms with Gasteiger partial charge in [-0.05, 0) is 36.1 Å². The van der Waals surface area contributed by atoms with Gasteiger partial charge in [-0.1, -0.05) is 30.3 Å². The minimum atomic E-state index is -3.92. The van der Waals surface area contributed by atoms with Crippen LogP contribution >= 0.6 is 0 Å². The average molecular weight is 531 g/mol. The molecule has 2 aliphatic rings. The van der Waals surface area contributed by atoms with Gasteiger partial charge in [0.1, 0.15) is 6.61 Å². The topological polar surface area (TPSA) is 104 Å². The predicted molar refractivity (Wildman–Crippen MR) is 140 cm³/mol. The number of nitrogens with zero attached hydrogens (tertiary/aromatic N) is 2. The number of pyridine rings is 1. The molecule has 0 spiro atoms. The van der Waals surface area contributed by atoms with Crippen LogP contribution < -0.4 is 4.74 Å². The number of aryl methyl sites for hydroxylation is 1. The van der Waals surface area contributed by atoms with Crippen molar-refractivity contribution in [3.05, 3.63) is 53.6 Å². The number of carbonyl (C=O) groups is 1. The van der Waals surface area contributed by atoms with Crippen molar-refractivity contribution in [1.82, 2.24) is 9.29 Å². The van der Waals surface area contributed by atoms with Crippen LogP contribution in [0.25, 0.3) is 16.8 Å². The smallest absolute Gasteiger partial charge is 0.328 e. The molecule has 0 N–H and O–H groups in total. The zero-order chi connectivity index (χ0) is 26.5. The summed E-state index contributed by atoms with van der Waals surface area (Å²) in [5.74, 6) is -0.165. The fraction of sp³-hybridized carbons (Fsp3) is 0.481. The molecule has 3 heterocycles. The van der Waals surface area contributed by atoms with Crippen molar-refractivity contribution >= 4 is 21.6 Å². The number of hydrogen-bond acceptors (Lipinski definition) is 8. The molecule has 1 aromatic carbocycles. The Morgan fingerprint density at radius 3 is 2.57 bits per heavy atom. The number of rotatable bonds is 9. The van der Waals surface area contributed by atoms with Crippen molar-refractivity contribution in [2.24, 2.45) is 0 Å². The number of carbonyl (C=O) groups excluding carboxylic acids is 1. The summed E-state index contributed by atoms with van der Waals surface area (Å²) in [7, 11) is -1.06. The molecule has 1 fully saturated rings. The predicted octanol–water partition coefficient (Wildman–Crippen LogP) is 3.22. The lowest BCUT2D eigenvalue weighted by molar-refractivity contribution is -0.146. The molecule has 9 nitrogen and oxygen atoms in total. The van der Waals surface area contributed by atoms with Crippen molar-refractivity contribution < 1.29 is 32.2 Å². The van der Waals surface area contributed by atoms with Crippen LogP contribution in [-0.4, -0.2) is 82.2 Å². The standard InChI is InChI=1S/C27H34N2O7S/c1-20-19-22(7-8-23(20)24-5-4-6-25(28-24)36-18-17-33-2)21-9-13-29(14-10-21)37(31,32)27(26(30)34-3)11-15-35-16-12-27/h4-9,19H,10-18H2,1-3H3. The monoisotopic (exact) mass is 530 g/mol. The Bertz CT molecular complexity index is 1250. The molecule has 0 unspecified atom stereocenters. The van der Waals surface area contributed by atoms with Gasteiger partial charge in [-0.25, -0.2) is 13.4 Å². The highest BCUT2D eigenvalue weighted by molar-refractivity contribution is 7.91. The molecular weight excluding hydrogens is 496 g/mol. The SMILES string of the molecule is COCCOc1cccc(-c2ccc(C3=CCN(S(=O)(=O)C4(C(=O)OC)CCOCC4)CC3)cc2C)n1. The third-order valence-electron chi connectivity index (χ3n) is 7.00. The van der Waals surface area contributed by atoms with Crippen molar-refractivity contribution in [1.29, 1.82) is 0 Å². The van der Waals surface area contributed by atoms with Gasteiger partial charge in [-0.3, -0.25) is 4.79 Å². The zero-order valence-electron chi connectivity index (χ0n) is 21.6. The highest BCUT2D eigenvalue weighted by Gasteiger charge is 2.55. The summed E-state index contributed by atoms with van der Waals surface area (Å²) >= 11 is 0. The van der Waals surface area contributed by atoms with Crippen LogP contribution in [0.15, 0.2) is 42.5 Å². The van der Waals surface area contributed by atoms with E-state index < -0.39 is 20.7 Å². The van der Waals surface area contributed by atoms with Crippen LogP contribution in [0.1, 0.15) is 30.4 Å². The van der Waals surface area contributed by atoms with Gasteiger partial charge in [0, 0.05) is 57.9 Å². The lowest BCUT2D eigenvalue weighted by Crippen LogP contribution is -2.57. The number of benzene rings is 1. The molecule has 200 valence electrons. The van der Waals surface area contributed by atoms with Gasteiger partial charge >= 0.3 is 5.97 Å². The average Bonchev–Trinajstić information content (AvgIpc) is 2.93. The Morgan fingerprint density at radius 2 is 1.92 bits per heavy atom. The van der Waals surface area contributed by atoms with Crippen molar-refractivity contribution in [2.45, 2.75) is 30.9 Å². The van der Waals surface area contributed by atoms with E-state index in [9.17, 15) is 13.2 Å². The third kappa shape index (κ3) is 5.57. The molecule has 0 amide bonds. The quantitative estimate of drug-likeness (QED) is 0.360.